The highest BCUT2D eigenvalue weighted by molar-refractivity contribution is 6.01. The van der Waals surface area contributed by atoms with Crippen LogP contribution in [0.4, 0.5) is 5.69 Å². The molecule has 6 nitrogen and oxygen atoms in total. The topological polar surface area (TPSA) is 81.4 Å². The quantitative estimate of drug-likeness (QED) is 0.412. The van der Waals surface area contributed by atoms with E-state index in [1.807, 2.05) is 60.7 Å². The first-order valence-electron chi connectivity index (χ1n) is 10.2. The minimum Gasteiger partial charge on any atom is -0.455 e. The van der Waals surface area contributed by atoms with Crippen LogP contribution in [-0.4, -0.2) is 16.9 Å². The van der Waals surface area contributed by atoms with Crippen molar-refractivity contribution in [3.8, 4) is 11.5 Å². The average Bonchev–Trinajstić information content (AvgIpc) is 3.19. The number of hydrogen-bond donors (Lipinski definition) is 1. The van der Waals surface area contributed by atoms with Gasteiger partial charge in [-0.05, 0) is 36.8 Å². The Hall–Kier alpha value is -4.19. The monoisotopic (exact) mass is 426 g/mol. The minimum atomic E-state index is -0.552. The number of aromatic nitrogens is 1. The average molecular weight is 426 g/mol. The summed E-state index contributed by atoms with van der Waals surface area (Å²) in [6.07, 6.45) is 0.213. The highest BCUT2D eigenvalue weighted by atomic mass is 16.5. The summed E-state index contributed by atoms with van der Waals surface area (Å²) in [4.78, 5) is 29.6. The number of aryl methyl sites for hydroxylation is 1. The Balaban J connectivity index is 1.42. The third kappa shape index (κ3) is 5.10. The van der Waals surface area contributed by atoms with Crippen molar-refractivity contribution in [2.45, 2.75) is 20.0 Å². The molecule has 0 fully saturated rings. The Morgan fingerprint density at radius 2 is 1.56 bits per heavy atom. The molecule has 0 unspecified atom stereocenters. The van der Waals surface area contributed by atoms with E-state index in [-0.39, 0.29) is 24.5 Å². The van der Waals surface area contributed by atoms with Crippen molar-refractivity contribution >= 4 is 17.6 Å². The number of ether oxygens (including phenoxy) is 1. The summed E-state index contributed by atoms with van der Waals surface area (Å²) in [5, 5.41) is 2.80. The molecule has 1 heterocycles. The molecule has 160 valence electrons. The second-order valence-corrected chi connectivity index (χ2v) is 7.22. The number of hydrogen-bond acceptors (Lipinski definition) is 5. The van der Waals surface area contributed by atoms with Crippen LogP contribution in [-0.2, 0) is 22.6 Å². The van der Waals surface area contributed by atoms with Crippen LogP contribution in [0.5, 0.6) is 0 Å². The molecule has 0 spiro atoms. The minimum absolute atomic E-state index is 0.0344. The van der Waals surface area contributed by atoms with Gasteiger partial charge in [0.25, 0.3) is 0 Å². The van der Waals surface area contributed by atoms with Crippen molar-refractivity contribution in [3.63, 3.8) is 0 Å². The molecule has 3 aromatic carbocycles. The van der Waals surface area contributed by atoms with Crippen LogP contribution in [0, 0.1) is 6.92 Å². The molecular weight excluding hydrogens is 404 g/mol. The zero-order valence-electron chi connectivity index (χ0n) is 17.6. The van der Waals surface area contributed by atoms with Gasteiger partial charge in [-0.15, -0.1) is 0 Å². The lowest BCUT2D eigenvalue weighted by Crippen LogP contribution is -2.17. The highest BCUT2D eigenvalue weighted by Crippen LogP contribution is 2.23. The summed E-state index contributed by atoms with van der Waals surface area (Å²) in [6, 6.07) is 25.7. The Kier molecular flexibility index (Phi) is 6.41. The first kappa shape index (κ1) is 21.1. The summed E-state index contributed by atoms with van der Waals surface area (Å²) in [6.45, 7) is 1.74. The highest BCUT2D eigenvalue weighted by Gasteiger charge is 2.17. The van der Waals surface area contributed by atoms with Crippen molar-refractivity contribution in [3.05, 3.63) is 108 Å². The summed E-state index contributed by atoms with van der Waals surface area (Å²) >= 11 is 0. The lowest BCUT2D eigenvalue weighted by molar-refractivity contribution is -0.115. The number of oxazole rings is 1. The Morgan fingerprint density at radius 1 is 0.906 bits per heavy atom. The van der Waals surface area contributed by atoms with Gasteiger partial charge >= 0.3 is 5.97 Å². The smallest absolute Gasteiger partial charge is 0.340 e. The van der Waals surface area contributed by atoms with E-state index in [1.54, 1.807) is 31.2 Å². The van der Waals surface area contributed by atoms with E-state index >= 15 is 0 Å². The molecule has 6 heteroatoms. The van der Waals surface area contributed by atoms with Gasteiger partial charge in [-0.25, -0.2) is 9.78 Å². The van der Waals surface area contributed by atoms with E-state index in [1.165, 1.54) is 0 Å². The van der Waals surface area contributed by atoms with Crippen LogP contribution in [0.25, 0.3) is 11.5 Å². The van der Waals surface area contributed by atoms with Crippen LogP contribution < -0.4 is 5.32 Å². The molecule has 0 aliphatic rings. The summed E-state index contributed by atoms with van der Waals surface area (Å²) < 4.78 is 11.2. The molecule has 0 atom stereocenters. The standard InChI is InChI=1S/C26H22N2O4/c1-18-23(28-25(32-18)20-12-6-3-7-13-20)17-31-26(30)21-14-8-9-15-22(21)27-24(29)16-19-10-4-2-5-11-19/h2-15H,16-17H2,1H3,(H,27,29). The predicted molar refractivity (Wildman–Crippen MR) is 121 cm³/mol. The first-order chi connectivity index (χ1) is 15.6. The molecule has 1 amide bonds. The van der Waals surface area contributed by atoms with E-state index in [0.717, 1.165) is 11.1 Å². The fourth-order valence-electron chi connectivity index (χ4n) is 3.22. The molecule has 1 N–H and O–H groups in total. The van der Waals surface area contributed by atoms with Gasteiger partial charge in [0.05, 0.1) is 17.7 Å². The molecule has 0 radical (unpaired) electrons. The van der Waals surface area contributed by atoms with Crippen LogP contribution in [0.15, 0.2) is 89.3 Å². The van der Waals surface area contributed by atoms with E-state index in [9.17, 15) is 9.59 Å². The van der Waals surface area contributed by atoms with Gasteiger partial charge in [0.15, 0.2) is 0 Å². The number of amides is 1. The van der Waals surface area contributed by atoms with Gasteiger partial charge in [-0.3, -0.25) is 4.79 Å². The number of rotatable bonds is 7. The molecule has 4 rings (SSSR count). The second kappa shape index (κ2) is 9.75. The maximum Gasteiger partial charge on any atom is 0.340 e. The fraction of sp³-hybridized carbons (Fsp3) is 0.115. The Morgan fingerprint density at radius 3 is 2.31 bits per heavy atom. The van der Waals surface area contributed by atoms with Gasteiger partial charge in [-0.1, -0.05) is 60.7 Å². The molecule has 0 bridgehead atoms. The van der Waals surface area contributed by atoms with E-state index < -0.39 is 5.97 Å². The number of nitrogens with zero attached hydrogens (tertiary/aromatic N) is 1. The normalized spacial score (nSPS) is 10.5. The number of para-hydroxylation sites is 1. The Bertz CT molecular complexity index is 1220. The van der Waals surface area contributed by atoms with Gasteiger partial charge in [0, 0.05) is 5.56 Å². The molecule has 4 aromatic rings. The van der Waals surface area contributed by atoms with Gasteiger partial charge in [0.1, 0.15) is 18.1 Å². The molecular formula is C26H22N2O4. The van der Waals surface area contributed by atoms with Crippen LogP contribution >= 0.6 is 0 Å². The maximum atomic E-state index is 12.7. The van der Waals surface area contributed by atoms with Gasteiger partial charge in [0.2, 0.25) is 11.8 Å². The number of nitrogens with one attached hydrogen (secondary N) is 1. The number of carbonyl (C=O) groups is 2. The van der Waals surface area contributed by atoms with Crippen LogP contribution in [0.1, 0.15) is 27.4 Å². The zero-order chi connectivity index (χ0) is 22.3. The summed E-state index contributed by atoms with van der Waals surface area (Å²) in [7, 11) is 0. The summed E-state index contributed by atoms with van der Waals surface area (Å²) in [5.74, 6) is 0.296. The maximum absolute atomic E-state index is 12.7. The largest absolute Gasteiger partial charge is 0.455 e. The second-order valence-electron chi connectivity index (χ2n) is 7.22. The van der Waals surface area contributed by atoms with Crippen LogP contribution in [0.3, 0.4) is 0 Å². The van der Waals surface area contributed by atoms with Crippen molar-refractivity contribution < 1.29 is 18.7 Å². The van der Waals surface area contributed by atoms with Crippen LogP contribution in [0.2, 0.25) is 0 Å². The molecule has 1 aromatic heterocycles. The van der Waals surface area contributed by atoms with Crippen molar-refractivity contribution in [2.24, 2.45) is 0 Å². The van der Waals surface area contributed by atoms with E-state index in [2.05, 4.69) is 10.3 Å². The number of benzene rings is 3. The lowest BCUT2D eigenvalue weighted by Gasteiger charge is -2.11. The van der Waals surface area contributed by atoms with Gasteiger partial charge in [-0.2, -0.15) is 0 Å². The third-order valence-electron chi connectivity index (χ3n) is 4.88. The molecule has 0 saturated heterocycles. The molecule has 0 aliphatic heterocycles. The first-order valence-corrected chi connectivity index (χ1v) is 10.2. The number of esters is 1. The van der Waals surface area contributed by atoms with E-state index in [0.29, 0.717) is 23.0 Å². The van der Waals surface area contributed by atoms with E-state index in [4.69, 9.17) is 9.15 Å². The molecule has 0 aliphatic carbocycles. The lowest BCUT2D eigenvalue weighted by atomic mass is 10.1. The SMILES string of the molecule is Cc1oc(-c2ccccc2)nc1COC(=O)c1ccccc1NC(=O)Cc1ccccc1. The van der Waals surface area contributed by atoms with Crippen molar-refractivity contribution in [1.29, 1.82) is 0 Å². The third-order valence-corrected chi connectivity index (χ3v) is 4.88. The van der Waals surface area contributed by atoms with Crippen molar-refractivity contribution in [1.82, 2.24) is 4.98 Å². The Labute approximate surface area is 185 Å². The number of carbonyl (C=O) groups excluding carboxylic acids is 2. The molecule has 32 heavy (non-hydrogen) atoms. The summed E-state index contributed by atoms with van der Waals surface area (Å²) in [5.41, 5.74) is 2.96. The fourth-order valence-corrected chi connectivity index (χ4v) is 3.22. The molecule has 0 saturated carbocycles. The van der Waals surface area contributed by atoms with Gasteiger partial charge < -0.3 is 14.5 Å². The zero-order valence-corrected chi connectivity index (χ0v) is 17.6. The van der Waals surface area contributed by atoms with Crippen molar-refractivity contribution in [2.75, 3.05) is 5.32 Å². The number of anilines is 1. The predicted octanol–water partition coefficient (Wildman–Crippen LogP) is 5.19.